The number of nitrogens with one attached hydrogen (secondary N) is 1. The van der Waals surface area contributed by atoms with E-state index in [-0.39, 0.29) is 5.63 Å². The standard InChI is InChI=1S/C20H21NO2/c1-4-15-5-7-17(8-6-15)21-12-16-11-20(22)23-19-10-14(3)13(2)9-18(16)19/h5-11,21H,4,12H2,1-3H3. The van der Waals surface area contributed by atoms with E-state index in [1.807, 2.05) is 13.0 Å². The van der Waals surface area contributed by atoms with E-state index >= 15 is 0 Å². The van der Waals surface area contributed by atoms with E-state index < -0.39 is 0 Å². The molecule has 0 spiro atoms. The minimum Gasteiger partial charge on any atom is -0.423 e. The lowest BCUT2D eigenvalue weighted by Gasteiger charge is -2.10. The highest BCUT2D eigenvalue weighted by Crippen LogP contribution is 2.22. The predicted molar refractivity (Wildman–Crippen MR) is 95.1 cm³/mol. The molecule has 0 radical (unpaired) electrons. The summed E-state index contributed by atoms with van der Waals surface area (Å²) in [4.78, 5) is 11.8. The van der Waals surface area contributed by atoms with Gasteiger partial charge in [-0.05, 0) is 66.8 Å². The number of rotatable bonds is 4. The number of anilines is 1. The molecular formula is C20H21NO2. The van der Waals surface area contributed by atoms with Crippen LogP contribution in [0.4, 0.5) is 5.69 Å². The fourth-order valence-corrected chi connectivity index (χ4v) is 2.68. The summed E-state index contributed by atoms with van der Waals surface area (Å²) in [5.41, 5.74) is 5.98. The molecule has 0 aliphatic rings. The molecule has 0 aliphatic carbocycles. The molecule has 0 amide bonds. The van der Waals surface area contributed by atoms with Crippen LogP contribution in [0.1, 0.15) is 29.2 Å². The van der Waals surface area contributed by atoms with Gasteiger partial charge in [0.25, 0.3) is 0 Å². The third-order valence-electron chi connectivity index (χ3n) is 4.29. The number of hydrogen-bond acceptors (Lipinski definition) is 3. The van der Waals surface area contributed by atoms with E-state index in [1.54, 1.807) is 6.07 Å². The van der Waals surface area contributed by atoms with Gasteiger partial charge in [-0.3, -0.25) is 0 Å². The van der Waals surface area contributed by atoms with Gasteiger partial charge >= 0.3 is 5.63 Å². The third kappa shape index (κ3) is 3.29. The summed E-state index contributed by atoms with van der Waals surface area (Å²) >= 11 is 0. The first-order valence-corrected chi connectivity index (χ1v) is 7.93. The van der Waals surface area contributed by atoms with Crippen molar-refractivity contribution in [1.82, 2.24) is 0 Å². The quantitative estimate of drug-likeness (QED) is 0.717. The van der Waals surface area contributed by atoms with Crippen LogP contribution in [-0.2, 0) is 13.0 Å². The van der Waals surface area contributed by atoms with Gasteiger partial charge in [-0.2, -0.15) is 0 Å². The van der Waals surface area contributed by atoms with Crippen LogP contribution >= 0.6 is 0 Å². The Morgan fingerprint density at radius 2 is 1.70 bits per heavy atom. The fourth-order valence-electron chi connectivity index (χ4n) is 2.68. The maximum absolute atomic E-state index is 11.8. The molecule has 2 aromatic carbocycles. The van der Waals surface area contributed by atoms with Crippen molar-refractivity contribution in [1.29, 1.82) is 0 Å². The molecule has 118 valence electrons. The highest BCUT2D eigenvalue weighted by atomic mass is 16.4. The van der Waals surface area contributed by atoms with E-state index in [9.17, 15) is 4.79 Å². The molecule has 23 heavy (non-hydrogen) atoms. The second-order valence-electron chi connectivity index (χ2n) is 5.93. The van der Waals surface area contributed by atoms with E-state index in [0.717, 1.165) is 28.6 Å². The van der Waals surface area contributed by atoms with Crippen molar-refractivity contribution in [3.63, 3.8) is 0 Å². The Hall–Kier alpha value is -2.55. The molecule has 3 nitrogen and oxygen atoms in total. The van der Waals surface area contributed by atoms with Gasteiger partial charge in [0.1, 0.15) is 5.58 Å². The largest absolute Gasteiger partial charge is 0.423 e. The maximum Gasteiger partial charge on any atom is 0.336 e. The minimum atomic E-state index is -0.307. The highest BCUT2D eigenvalue weighted by molar-refractivity contribution is 5.82. The Balaban J connectivity index is 1.92. The van der Waals surface area contributed by atoms with Crippen molar-refractivity contribution >= 4 is 16.7 Å². The molecule has 1 heterocycles. The van der Waals surface area contributed by atoms with Gasteiger partial charge < -0.3 is 9.73 Å². The molecule has 0 saturated carbocycles. The zero-order valence-corrected chi connectivity index (χ0v) is 13.8. The lowest BCUT2D eigenvalue weighted by molar-refractivity contribution is 0.559. The molecule has 0 fully saturated rings. The topological polar surface area (TPSA) is 42.2 Å². The monoisotopic (exact) mass is 307 g/mol. The minimum absolute atomic E-state index is 0.307. The summed E-state index contributed by atoms with van der Waals surface area (Å²) in [6.45, 7) is 6.83. The van der Waals surface area contributed by atoms with E-state index in [4.69, 9.17) is 4.42 Å². The molecule has 0 unspecified atom stereocenters. The van der Waals surface area contributed by atoms with Gasteiger partial charge in [-0.1, -0.05) is 19.1 Å². The Kier molecular flexibility index (Phi) is 4.20. The Morgan fingerprint density at radius 1 is 1.00 bits per heavy atom. The van der Waals surface area contributed by atoms with Gasteiger partial charge in [0, 0.05) is 23.7 Å². The average molecular weight is 307 g/mol. The molecular weight excluding hydrogens is 286 g/mol. The Bertz CT molecular complexity index is 892. The predicted octanol–water partition coefficient (Wildman–Crippen LogP) is 4.58. The van der Waals surface area contributed by atoms with E-state index in [2.05, 4.69) is 49.5 Å². The van der Waals surface area contributed by atoms with Gasteiger partial charge in [0.05, 0.1) is 0 Å². The van der Waals surface area contributed by atoms with Crippen molar-refractivity contribution in [3.8, 4) is 0 Å². The fraction of sp³-hybridized carbons (Fsp3) is 0.250. The van der Waals surface area contributed by atoms with Crippen molar-refractivity contribution in [2.24, 2.45) is 0 Å². The molecule has 0 saturated heterocycles. The van der Waals surface area contributed by atoms with Crippen LogP contribution in [0.25, 0.3) is 11.0 Å². The van der Waals surface area contributed by atoms with Crippen molar-refractivity contribution in [2.75, 3.05) is 5.32 Å². The van der Waals surface area contributed by atoms with E-state index in [1.165, 1.54) is 11.1 Å². The van der Waals surface area contributed by atoms with Gasteiger partial charge in [0.15, 0.2) is 0 Å². The molecule has 0 bridgehead atoms. The molecule has 1 aromatic heterocycles. The van der Waals surface area contributed by atoms with Crippen molar-refractivity contribution in [2.45, 2.75) is 33.7 Å². The summed E-state index contributed by atoms with van der Waals surface area (Å²) in [5, 5.41) is 4.38. The zero-order valence-electron chi connectivity index (χ0n) is 13.8. The Labute approximate surface area is 136 Å². The summed E-state index contributed by atoms with van der Waals surface area (Å²) < 4.78 is 5.34. The summed E-state index contributed by atoms with van der Waals surface area (Å²) in [7, 11) is 0. The number of hydrogen-bond donors (Lipinski definition) is 1. The van der Waals surface area contributed by atoms with Gasteiger partial charge in [0.2, 0.25) is 0 Å². The molecule has 0 atom stereocenters. The van der Waals surface area contributed by atoms with Crippen LogP contribution in [0.15, 0.2) is 51.7 Å². The summed E-state index contributed by atoms with van der Waals surface area (Å²) in [6.07, 6.45) is 1.03. The zero-order chi connectivity index (χ0) is 16.4. The maximum atomic E-state index is 11.8. The molecule has 3 rings (SSSR count). The van der Waals surface area contributed by atoms with Crippen LogP contribution < -0.4 is 10.9 Å². The first-order valence-electron chi connectivity index (χ1n) is 7.93. The number of aryl methyl sites for hydroxylation is 3. The van der Waals surface area contributed by atoms with Crippen molar-refractivity contribution < 1.29 is 4.42 Å². The summed E-state index contributed by atoms with van der Waals surface area (Å²) in [5.74, 6) is 0. The second kappa shape index (κ2) is 6.29. The van der Waals surface area contributed by atoms with Crippen LogP contribution in [0, 0.1) is 13.8 Å². The smallest absolute Gasteiger partial charge is 0.336 e. The Morgan fingerprint density at radius 3 is 2.39 bits per heavy atom. The lowest BCUT2D eigenvalue weighted by Crippen LogP contribution is -2.06. The normalized spacial score (nSPS) is 10.9. The molecule has 3 aromatic rings. The van der Waals surface area contributed by atoms with Crippen LogP contribution in [-0.4, -0.2) is 0 Å². The van der Waals surface area contributed by atoms with Crippen LogP contribution in [0.3, 0.4) is 0 Å². The van der Waals surface area contributed by atoms with Crippen LogP contribution in [0.2, 0.25) is 0 Å². The highest BCUT2D eigenvalue weighted by Gasteiger charge is 2.07. The molecule has 1 N–H and O–H groups in total. The number of fused-ring (bicyclic) bond motifs is 1. The third-order valence-corrected chi connectivity index (χ3v) is 4.29. The molecule has 0 aliphatic heterocycles. The summed E-state index contributed by atoms with van der Waals surface area (Å²) in [6, 6.07) is 14.0. The van der Waals surface area contributed by atoms with Crippen LogP contribution in [0.5, 0.6) is 0 Å². The van der Waals surface area contributed by atoms with Gasteiger partial charge in [-0.15, -0.1) is 0 Å². The molecule has 3 heteroatoms. The van der Waals surface area contributed by atoms with Gasteiger partial charge in [-0.25, -0.2) is 4.79 Å². The first-order chi connectivity index (χ1) is 11.1. The second-order valence-corrected chi connectivity index (χ2v) is 5.93. The SMILES string of the molecule is CCc1ccc(NCc2cc(=O)oc3cc(C)c(C)cc23)cc1. The van der Waals surface area contributed by atoms with E-state index in [0.29, 0.717) is 12.1 Å². The average Bonchev–Trinajstić information content (AvgIpc) is 2.55. The number of benzene rings is 2. The van der Waals surface area contributed by atoms with Crippen molar-refractivity contribution in [3.05, 3.63) is 75.1 Å². The first kappa shape index (κ1) is 15.3. The lowest BCUT2D eigenvalue weighted by atomic mass is 10.0.